The molecule has 0 aromatic carbocycles. The Morgan fingerprint density at radius 1 is 1.27 bits per heavy atom. The lowest BCUT2D eigenvalue weighted by molar-refractivity contribution is 0.111. The van der Waals surface area contributed by atoms with Crippen LogP contribution >= 0.6 is 0 Å². The minimum absolute atomic E-state index is 0.818. The summed E-state index contributed by atoms with van der Waals surface area (Å²) < 4.78 is 7.22. The maximum atomic E-state index is 5.22. The van der Waals surface area contributed by atoms with Crippen molar-refractivity contribution in [2.75, 3.05) is 31.3 Å². The van der Waals surface area contributed by atoms with Crippen LogP contribution in [0.15, 0.2) is 18.7 Å². The summed E-state index contributed by atoms with van der Waals surface area (Å²) in [5, 5.41) is 2.20. The molecule has 0 N–H and O–H groups in total. The number of aromatic nitrogens is 2. The highest BCUT2D eigenvalue weighted by atomic mass is 16.5. The summed E-state index contributed by atoms with van der Waals surface area (Å²) in [4.78, 5) is 3.98. The molecule has 0 atom stereocenters. The fraction of sp³-hybridized carbons (Fsp3) is 0.571. The Morgan fingerprint density at radius 3 is 2.73 bits per heavy atom. The average molecular weight is 153 g/mol. The first kappa shape index (κ1) is 6.67. The van der Waals surface area contributed by atoms with E-state index in [9.17, 15) is 0 Å². The standard InChI is InChI=1S/C7H11N3O/c1-2-10(7-8-1)9-3-5-11-6-4-9/h1-2,7H,3-6H2. The van der Waals surface area contributed by atoms with E-state index in [-0.39, 0.29) is 0 Å². The topological polar surface area (TPSA) is 30.3 Å². The molecule has 2 heterocycles. The van der Waals surface area contributed by atoms with Gasteiger partial charge in [0.2, 0.25) is 0 Å². The Morgan fingerprint density at radius 2 is 2.09 bits per heavy atom. The molecule has 0 bridgehead atoms. The van der Waals surface area contributed by atoms with E-state index in [1.807, 2.05) is 17.2 Å². The molecule has 1 saturated heterocycles. The molecule has 0 spiro atoms. The van der Waals surface area contributed by atoms with Gasteiger partial charge in [0.05, 0.1) is 26.3 Å². The maximum absolute atomic E-state index is 5.22. The van der Waals surface area contributed by atoms with Crippen molar-refractivity contribution in [3.8, 4) is 0 Å². The van der Waals surface area contributed by atoms with Crippen LogP contribution in [0.3, 0.4) is 0 Å². The van der Waals surface area contributed by atoms with Gasteiger partial charge in [0.1, 0.15) is 6.33 Å². The van der Waals surface area contributed by atoms with E-state index >= 15 is 0 Å². The predicted molar refractivity (Wildman–Crippen MR) is 41.0 cm³/mol. The fourth-order valence-corrected chi connectivity index (χ4v) is 1.20. The minimum Gasteiger partial charge on any atom is -0.378 e. The second-order valence-electron chi connectivity index (χ2n) is 2.51. The lowest BCUT2D eigenvalue weighted by Gasteiger charge is -2.28. The van der Waals surface area contributed by atoms with Crippen LogP contribution in [-0.4, -0.2) is 36.0 Å². The van der Waals surface area contributed by atoms with Crippen molar-refractivity contribution < 1.29 is 4.74 Å². The number of hydrogen-bond acceptors (Lipinski definition) is 3. The van der Waals surface area contributed by atoms with E-state index in [1.165, 1.54) is 0 Å². The van der Waals surface area contributed by atoms with E-state index in [0.717, 1.165) is 26.3 Å². The van der Waals surface area contributed by atoms with E-state index in [4.69, 9.17) is 4.74 Å². The molecule has 0 amide bonds. The first-order valence-corrected chi connectivity index (χ1v) is 3.78. The van der Waals surface area contributed by atoms with Crippen LogP contribution in [-0.2, 0) is 4.74 Å². The second-order valence-corrected chi connectivity index (χ2v) is 2.51. The fourth-order valence-electron chi connectivity index (χ4n) is 1.20. The van der Waals surface area contributed by atoms with Gasteiger partial charge in [-0.05, 0) is 0 Å². The monoisotopic (exact) mass is 153 g/mol. The van der Waals surface area contributed by atoms with Gasteiger partial charge in [-0.3, -0.25) is 4.68 Å². The van der Waals surface area contributed by atoms with Gasteiger partial charge < -0.3 is 9.75 Å². The van der Waals surface area contributed by atoms with Crippen LogP contribution in [0.25, 0.3) is 0 Å². The minimum atomic E-state index is 0.818. The zero-order chi connectivity index (χ0) is 7.52. The molecule has 2 rings (SSSR count). The Hall–Kier alpha value is -1.03. The largest absolute Gasteiger partial charge is 0.378 e. The molecule has 1 aromatic heterocycles. The average Bonchev–Trinajstić information content (AvgIpc) is 2.58. The lowest BCUT2D eigenvalue weighted by Crippen LogP contribution is -2.43. The van der Waals surface area contributed by atoms with Crippen molar-refractivity contribution in [3.05, 3.63) is 18.7 Å². The van der Waals surface area contributed by atoms with E-state index in [2.05, 4.69) is 9.99 Å². The molecule has 0 aliphatic carbocycles. The Kier molecular flexibility index (Phi) is 1.77. The predicted octanol–water partition coefficient (Wildman–Crippen LogP) is -0.149. The molecule has 1 aliphatic rings. The molecule has 4 nitrogen and oxygen atoms in total. The van der Waals surface area contributed by atoms with E-state index in [0.29, 0.717) is 0 Å². The summed E-state index contributed by atoms with van der Waals surface area (Å²) in [5.41, 5.74) is 0. The molecular formula is C7H11N3O. The van der Waals surface area contributed by atoms with Crippen LogP contribution < -0.4 is 5.01 Å². The molecule has 1 fully saturated rings. The van der Waals surface area contributed by atoms with Crippen LogP contribution in [0.1, 0.15) is 0 Å². The SMILES string of the molecule is c1cn(N2CCOCC2)cn1. The molecular weight excluding hydrogens is 142 g/mol. The molecule has 4 heteroatoms. The molecule has 11 heavy (non-hydrogen) atoms. The van der Waals surface area contributed by atoms with Crippen molar-refractivity contribution in [3.63, 3.8) is 0 Å². The number of imidazole rings is 1. The van der Waals surface area contributed by atoms with Gasteiger partial charge in [-0.25, -0.2) is 4.98 Å². The van der Waals surface area contributed by atoms with E-state index < -0.39 is 0 Å². The first-order chi connectivity index (χ1) is 5.47. The van der Waals surface area contributed by atoms with Gasteiger partial charge in [0.25, 0.3) is 0 Å². The molecule has 0 radical (unpaired) electrons. The third-order valence-electron chi connectivity index (χ3n) is 1.80. The van der Waals surface area contributed by atoms with Crippen molar-refractivity contribution in [2.24, 2.45) is 0 Å². The Labute approximate surface area is 65.4 Å². The third-order valence-corrected chi connectivity index (χ3v) is 1.80. The molecule has 60 valence electrons. The number of nitrogens with zero attached hydrogens (tertiary/aromatic N) is 3. The van der Waals surface area contributed by atoms with Crippen molar-refractivity contribution >= 4 is 0 Å². The third kappa shape index (κ3) is 1.35. The highest BCUT2D eigenvalue weighted by molar-refractivity contribution is 4.90. The van der Waals surface area contributed by atoms with Crippen molar-refractivity contribution in [2.45, 2.75) is 0 Å². The van der Waals surface area contributed by atoms with Crippen LogP contribution in [0, 0.1) is 0 Å². The first-order valence-electron chi connectivity index (χ1n) is 3.78. The van der Waals surface area contributed by atoms with Gasteiger partial charge in [-0.15, -0.1) is 0 Å². The number of hydrogen-bond donors (Lipinski definition) is 0. The van der Waals surface area contributed by atoms with Gasteiger partial charge in [-0.2, -0.15) is 0 Å². The van der Waals surface area contributed by atoms with E-state index in [1.54, 1.807) is 6.20 Å². The quantitative estimate of drug-likeness (QED) is 0.562. The van der Waals surface area contributed by atoms with Gasteiger partial charge in [-0.1, -0.05) is 0 Å². The van der Waals surface area contributed by atoms with Crippen molar-refractivity contribution in [1.29, 1.82) is 0 Å². The number of morpholine rings is 1. The van der Waals surface area contributed by atoms with Crippen LogP contribution in [0.2, 0.25) is 0 Å². The summed E-state index contributed by atoms with van der Waals surface area (Å²) >= 11 is 0. The summed E-state index contributed by atoms with van der Waals surface area (Å²) in [6, 6.07) is 0. The van der Waals surface area contributed by atoms with Gasteiger partial charge in [0.15, 0.2) is 0 Å². The Bertz CT molecular complexity index is 203. The Balaban J connectivity index is 2.04. The summed E-state index contributed by atoms with van der Waals surface area (Å²) in [6.07, 6.45) is 5.55. The summed E-state index contributed by atoms with van der Waals surface area (Å²) in [7, 11) is 0. The highest BCUT2D eigenvalue weighted by Crippen LogP contribution is 1.95. The zero-order valence-electron chi connectivity index (χ0n) is 6.31. The number of ether oxygens (including phenoxy) is 1. The molecule has 0 unspecified atom stereocenters. The molecule has 1 aliphatic heterocycles. The highest BCUT2D eigenvalue weighted by Gasteiger charge is 2.08. The zero-order valence-corrected chi connectivity index (χ0v) is 6.31. The summed E-state index contributed by atoms with van der Waals surface area (Å²) in [6.45, 7) is 3.54. The number of rotatable bonds is 1. The second kappa shape index (κ2) is 2.92. The molecule has 0 saturated carbocycles. The lowest BCUT2D eigenvalue weighted by atomic mass is 10.5. The van der Waals surface area contributed by atoms with Crippen LogP contribution in [0.4, 0.5) is 0 Å². The van der Waals surface area contributed by atoms with Crippen LogP contribution in [0.5, 0.6) is 0 Å². The maximum Gasteiger partial charge on any atom is 0.114 e. The molecule has 1 aromatic rings. The van der Waals surface area contributed by atoms with Crippen molar-refractivity contribution in [1.82, 2.24) is 9.66 Å². The van der Waals surface area contributed by atoms with Gasteiger partial charge >= 0.3 is 0 Å². The van der Waals surface area contributed by atoms with Gasteiger partial charge in [0, 0.05) is 12.4 Å². The smallest absolute Gasteiger partial charge is 0.114 e. The normalized spacial score (nSPS) is 18.7. The summed E-state index contributed by atoms with van der Waals surface area (Å²) in [5.74, 6) is 0.